The molecule has 1 aromatic heterocycles. The summed E-state index contributed by atoms with van der Waals surface area (Å²) < 4.78 is 12.2. The van der Waals surface area contributed by atoms with E-state index in [2.05, 4.69) is 16.8 Å². The van der Waals surface area contributed by atoms with E-state index in [0.717, 1.165) is 29.9 Å². The van der Waals surface area contributed by atoms with Crippen molar-refractivity contribution in [1.82, 2.24) is 4.57 Å². The predicted molar refractivity (Wildman–Crippen MR) is 115 cm³/mol. The molecule has 7 nitrogen and oxygen atoms in total. The summed E-state index contributed by atoms with van der Waals surface area (Å²) in [7, 11) is 1.49. The number of rotatable bonds is 8. The molecule has 2 aromatic rings. The zero-order chi connectivity index (χ0) is 22.3. The first kappa shape index (κ1) is 23.0. The molecule has 2 rings (SSSR count). The third-order valence-electron chi connectivity index (χ3n) is 4.47. The number of esters is 1. The molecule has 0 spiro atoms. The summed E-state index contributed by atoms with van der Waals surface area (Å²) in [6.45, 7) is 6.31. The monoisotopic (exact) mass is 429 g/mol. The zero-order valence-electron chi connectivity index (χ0n) is 17.4. The van der Waals surface area contributed by atoms with E-state index >= 15 is 0 Å². The van der Waals surface area contributed by atoms with Gasteiger partial charge in [-0.05, 0) is 56.2 Å². The van der Waals surface area contributed by atoms with E-state index < -0.39 is 18.5 Å². The van der Waals surface area contributed by atoms with E-state index in [4.69, 9.17) is 21.1 Å². The van der Waals surface area contributed by atoms with Crippen LogP contribution >= 0.6 is 11.6 Å². The number of ether oxygens (including phenoxy) is 2. The van der Waals surface area contributed by atoms with Crippen LogP contribution in [-0.4, -0.2) is 30.2 Å². The van der Waals surface area contributed by atoms with E-state index in [9.17, 15) is 14.9 Å². The number of halogens is 1. The van der Waals surface area contributed by atoms with E-state index in [0.29, 0.717) is 16.5 Å². The van der Waals surface area contributed by atoms with E-state index in [1.54, 1.807) is 12.1 Å². The highest BCUT2D eigenvalue weighted by Crippen LogP contribution is 2.27. The molecule has 0 saturated heterocycles. The number of hydrogen-bond donors (Lipinski definition) is 1. The fourth-order valence-electron chi connectivity index (χ4n) is 2.98. The number of carbonyl (C=O) groups excluding carboxylic acids is 2. The summed E-state index contributed by atoms with van der Waals surface area (Å²) in [6, 6.07) is 8.49. The molecule has 0 fully saturated rings. The van der Waals surface area contributed by atoms with Crippen LogP contribution in [-0.2, 0) is 20.9 Å². The maximum Gasteiger partial charge on any atom is 0.349 e. The third kappa shape index (κ3) is 5.65. The molecule has 0 unspecified atom stereocenters. The SMILES string of the molecule is CCCn1c(C)cc(C=C(C#N)C(=O)OCC(=O)Nc2ccc(OC)c(Cl)c2)c1C. The summed E-state index contributed by atoms with van der Waals surface area (Å²) in [5.74, 6) is -0.938. The molecule has 0 radical (unpaired) electrons. The van der Waals surface area contributed by atoms with Gasteiger partial charge in [0, 0.05) is 23.6 Å². The smallest absolute Gasteiger partial charge is 0.349 e. The Kier molecular flexibility index (Phi) is 8.07. The Hall–Kier alpha value is -3.24. The van der Waals surface area contributed by atoms with E-state index in [-0.39, 0.29) is 5.57 Å². The van der Waals surface area contributed by atoms with Crippen molar-refractivity contribution >= 4 is 35.2 Å². The summed E-state index contributed by atoms with van der Waals surface area (Å²) in [4.78, 5) is 24.3. The van der Waals surface area contributed by atoms with Crippen molar-refractivity contribution in [3.05, 3.63) is 51.8 Å². The number of amides is 1. The minimum Gasteiger partial charge on any atom is -0.495 e. The summed E-state index contributed by atoms with van der Waals surface area (Å²) >= 11 is 6.02. The number of aryl methyl sites for hydroxylation is 1. The van der Waals surface area contributed by atoms with Crippen LogP contribution in [0.2, 0.25) is 5.02 Å². The number of hydrogen-bond acceptors (Lipinski definition) is 5. The fourth-order valence-corrected chi connectivity index (χ4v) is 3.24. The van der Waals surface area contributed by atoms with Gasteiger partial charge in [0.2, 0.25) is 0 Å². The van der Waals surface area contributed by atoms with Crippen LogP contribution in [0, 0.1) is 25.2 Å². The van der Waals surface area contributed by atoms with Gasteiger partial charge in [0.25, 0.3) is 5.91 Å². The zero-order valence-corrected chi connectivity index (χ0v) is 18.2. The highest BCUT2D eigenvalue weighted by atomic mass is 35.5. The van der Waals surface area contributed by atoms with Crippen molar-refractivity contribution < 1.29 is 19.1 Å². The predicted octanol–water partition coefficient (Wildman–Crippen LogP) is 4.27. The molecule has 1 amide bonds. The second kappa shape index (κ2) is 10.5. The third-order valence-corrected chi connectivity index (χ3v) is 4.77. The normalized spacial score (nSPS) is 11.0. The summed E-state index contributed by atoms with van der Waals surface area (Å²) in [5.41, 5.74) is 3.04. The molecule has 0 aliphatic heterocycles. The summed E-state index contributed by atoms with van der Waals surface area (Å²) in [6.07, 6.45) is 2.46. The molecule has 158 valence electrons. The number of benzene rings is 1. The minimum absolute atomic E-state index is 0.174. The molecule has 0 saturated carbocycles. The van der Waals surface area contributed by atoms with Gasteiger partial charge < -0.3 is 19.4 Å². The lowest BCUT2D eigenvalue weighted by Gasteiger charge is -2.08. The van der Waals surface area contributed by atoms with Gasteiger partial charge in [-0.2, -0.15) is 5.26 Å². The number of methoxy groups -OCH3 is 1. The van der Waals surface area contributed by atoms with Gasteiger partial charge in [0.15, 0.2) is 6.61 Å². The second-order valence-corrected chi connectivity index (χ2v) is 7.03. The average molecular weight is 430 g/mol. The van der Waals surface area contributed by atoms with E-state index in [1.807, 2.05) is 26.0 Å². The standard InChI is InChI=1S/C22H24ClN3O4/c1-5-8-26-14(2)9-16(15(26)3)10-17(12-24)22(28)30-13-21(27)25-18-6-7-20(29-4)19(23)11-18/h6-7,9-11H,5,8,13H2,1-4H3,(H,25,27). The molecule has 1 N–H and O–H groups in total. The van der Waals surface area contributed by atoms with Crippen molar-refractivity contribution in [2.75, 3.05) is 19.0 Å². The van der Waals surface area contributed by atoms with Gasteiger partial charge >= 0.3 is 5.97 Å². The lowest BCUT2D eigenvalue weighted by Crippen LogP contribution is -2.21. The number of nitrogens with zero attached hydrogens (tertiary/aromatic N) is 2. The van der Waals surface area contributed by atoms with Crippen molar-refractivity contribution in [1.29, 1.82) is 5.26 Å². The summed E-state index contributed by atoms with van der Waals surface area (Å²) in [5, 5.41) is 12.3. The van der Waals surface area contributed by atoms with Gasteiger partial charge in [-0.3, -0.25) is 4.79 Å². The number of anilines is 1. The van der Waals surface area contributed by atoms with Gasteiger partial charge in [0.05, 0.1) is 12.1 Å². The van der Waals surface area contributed by atoms with Crippen LogP contribution in [0.5, 0.6) is 5.75 Å². The van der Waals surface area contributed by atoms with Crippen LogP contribution in [0.4, 0.5) is 5.69 Å². The first-order valence-electron chi connectivity index (χ1n) is 9.39. The maximum absolute atomic E-state index is 12.3. The highest BCUT2D eigenvalue weighted by Gasteiger charge is 2.16. The van der Waals surface area contributed by atoms with Gasteiger partial charge in [0.1, 0.15) is 17.4 Å². The molecule has 1 heterocycles. The van der Waals surface area contributed by atoms with Gasteiger partial charge in [-0.1, -0.05) is 18.5 Å². The Morgan fingerprint density at radius 3 is 2.63 bits per heavy atom. The van der Waals surface area contributed by atoms with Crippen LogP contribution in [0.25, 0.3) is 6.08 Å². The quantitative estimate of drug-likeness (QED) is 0.384. The number of nitrogens with one attached hydrogen (secondary N) is 1. The Bertz CT molecular complexity index is 1020. The van der Waals surface area contributed by atoms with Crippen molar-refractivity contribution in [3.8, 4) is 11.8 Å². The molecular weight excluding hydrogens is 406 g/mol. The molecule has 8 heteroatoms. The molecule has 0 aliphatic rings. The molecule has 0 aliphatic carbocycles. The first-order valence-corrected chi connectivity index (χ1v) is 9.77. The number of aromatic nitrogens is 1. The first-order chi connectivity index (χ1) is 14.3. The number of carbonyl (C=O) groups is 2. The largest absolute Gasteiger partial charge is 0.495 e. The van der Waals surface area contributed by atoms with E-state index in [1.165, 1.54) is 19.3 Å². The molecule has 0 bridgehead atoms. The second-order valence-electron chi connectivity index (χ2n) is 6.62. The Labute approximate surface area is 180 Å². The molecular formula is C22H24ClN3O4. The Morgan fingerprint density at radius 1 is 1.30 bits per heavy atom. The van der Waals surface area contributed by atoms with Crippen molar-refractivity contribution in [2.24, 2.45) is 0 Å². The molecule has 1 aromatic carbocycles. The topological polar surface area (TPSA) is 93.4 Å². The lowest BCUT2D eigenvalue weighted by atomic mass is 10.1. The molecule has 30 heavy (non-hydrogen) atoms. The molecule has 0 atom stereocenters. The Morgan fingerprint density at radius 2 is 2.03 bits per heavy atom. The van der Waals surface area contributed by atoms with Crippen molar-refractivity contribution in [2.45, 2.75) is 33.7 Å². The lowest BCUT2D eigenvalue weighted by molar-refractivity contribution is -0.142. The van der Waals surface area contributed by atoms with Crippen LogP contribution in [0.15, 0.2) is 29.8 Å². The Balaban J connectivity index is 2.03. The minimum atomic E-state index is -0.860. The number of nitriles is 1. The van der Waals surface area contributed by atoms with Crippen LogP contribution in [0.1, 0.15) is 30.3 Å². The van der Waals surface area contributed by atoms with Gasteiger partial charge in [-0.25, -0.2) is 4.79 Å². The van der Waals surface area contributed by atoms with Crippen molar-refractivity contribution in [3.63, 3.8) is 0 Å². The fraction of sp³-hybridized carbons (Fsp3) is 0.318. The maximum atomic E-state index is 12.3. The van der Waals surface area contributed by atoms with Crippen LogP contribution in [0.3, 0.4) is 0 Å². The highest BCUT2D eigenvalue weighted by molar-refractivity contribution is 6.32. The van der Waals surface area contributed by atoms with Gasteiger partial charge in [-0.15, -0.1) is 0 Å². The van der Waals surface area contributed by atoms with Crippen LogP contribution < -0.4 is 10.1 Å². The average Bonchev–Trinajstić information content (AvgIpc) is 2.98.